The van der Waals surface area contributed by atoms with Gasteiger partial charge in [-0.1, -0.05) is 133 Å². The van der Waals surface area contributed by atoms with E-state index in [1.54, 1.807) is 63.5 Å². The van der Waals surface area contributed by atoms with Crippen LogP contribution in [0.3, 0.4) is 0 Å². The maximum absolute atomic E-state index is 14.5. The summed E-state index contributed by atoms with van der Waals surface area (Å²) in [5, 5.41) is 9.95. The van der Waals surface area contributed by atoms with E-state index in [9.17, 15) is 65.1 Å². The van der Waals surface area contributed by atoms with Gasteiger partial charge in [-0.25, -0.2) is 16.8 Å². The molecular weight excluding hydrogens is 1250 g/mol. The minimum absolute atomic E-state index is 0.00213. The van der Waals surface area contributed by atoms with Crippen molar-refractivity contribution in [2.45, 2.75) is 303 Å². The highest BCUT2D eigenvalue weighted by molar-refractivity contribution is 7.93. The SMILES string of the molecule is C=CCCC(=O)C(=O)C(CC(=O)[C@@H]1[C@@H]2[C@H](CN1C(=O)[C@@H](CC(=O)C[C@H]1CCCC[C@H]1S(=O)(=O)C(C)(C)C)C(C)(C)C)C2(C)C)CC1CC1.C=CCCC(=O)C(O)C(CC(=O)[C@@H]1[C@@H]2[C@H](CN1C(=O)[C@@H](CC(=O)C[C@H]1CCCC[C@H]1S(=O)(=O)C(C)(C)C)C(C)(C)C)C2(C)C)CC1CC1. The third-order valence-electron chi connectivity index (χ3n) is 24.5. The summed E-state index contributed by atoms with van der Waals surface area (Å²) in [6.07, 6.45) is 14.6. The molecule has 542 valence electrons. The first-order valence-corrected chi connectivity index (χ1v) is 40.0. The Morgan fingerprint density at radius 2 is 0.896 bits per heavy atom. The van der Waals surface area contributed by atoms with Gasteiger partial charge in [0, 0.05) is 82.2 Å². The minimum Gasteiger partial charge on any atom is -0.385 e. The predicted octanol–water partition coefficient (Wildman–Crippen LogP) is 13.3. The van der Waals surface area contributed by atoms with Crippen LogP contribution in [0, 0.1) is 92.7 Å². The number of sulfone groups is 2. The first kappa shape index (κ1) is 79.3. The fourth-order valence-electron chi connectivity index (χ4n) is 17.6. The average Bonchev–Trinajstić information content (AvgIpc) is 1.53. The van der Waals surface area contributed by atoms with Crippen LogP contribution in [0.5, 0.6) is 0 Å². The Morgan fingerprint density at radius 1 is 0.521 bits per heavy atom. The molecule has 18 heteroatoms. The molecule has 0 spiro atoms. The molecule has 2 saturated heterocycles. The molecule has 8 fully saturated rings. The van der Waals surface area contributed by atoms with Gasteiger partial charge in [0.2, 0.25) is 17.6 Å². The summed E-state index contributed by atoms with van der Waals surface area (Å²) < 4.78 is 52.1. The van der Waals surface area contributed by atoms with Crippen molar-refractivity contribution in [3.05, 3.63) is 25.3 Å². The smallest absolute Gasteiger partial charge is 0.227 e. The highest BCUT2D eigenvalue weighted by atomic mass is 32.2. The first-order chi connectivity index (χ1) is 44.2. The number of hydrogen-bond acceptors (Lipinski definition) is 14. The number of aliphatic hydroxyl groups is 1. The number of Topliss-reactive ketones (excluding diaryl/α,β-unsaturated/α-hetero) is 7. The molecule has 1 N–H and O–H groups in total. The second kappa shape index (κ2) is 30.3. The Morgan fingerprint density at radius 3 is 1.27 bits per heavy atom. The number of ketones is 7. The lowest BCUT2D eigenvalue weighted by Gasteiger charge is -2.38. The van der Waals surface area contributed by atoms with Crippen LogP contribution in [-0.4, -0.2) is 135 Å². The summed E-state index contributed by atoms with van der Waals surface area (Å²) in [6.45, 7) is 38.7. The van der Waals surface area contributed by atoms with Crippen LogP contribution in [0.15, 0.2) is 25.3 Å². The Bertz CT molecular complexity index is 3160. The molecule has 96 heavy (non-hydrogen) atoms. The van der Waals surface area contributed by atoms with Crippen LogP contribution in [0.2, 0.25) is 0 Å². The largest absolute Gasteiger partial charge is 0.385 e. The van der Waals surface area contributed by atoms with Crippen LogP contribution >= 0.6 is 0 Å². The number of carbonyl (C=O) groups excluding carboxylic acids is 9. The van der Waals surface area contributed by atoms with Gasteiger partial charge in [-0.3, -0.25) is 43.2 Å². The minimum atomic E-state index is -3.45. The van der Waals surface area contributed by atoms with Gasteiger partial charge in [0.15, 0.2) is 42.8 Å². The number of fused-ring (bicyclic) bond motifs is 2. The molecule has 0 bridgehead atoms. The topological polar surface area (TPSA) is 249 Å². The van der Waals surface area contributed by atoms with Crippen LogP contribution in [-0.2, 0) is 62.8 Å². The van der Waals surface area contributed by atoms with E-state index in [-0.39, 0.29) is 138 Å². The molecule has 0 radical (unpaired) electrons. The summed E-state index contributed by atoms with van der Waals surface area (Å²) in [5.74, 6) is -4.00. The van der Waals surface area contributed by atoms with E-state index in [0.717, 1.165) is 51.4 Å². The molecular formula is C78H124N2O14S2. The molecule has 0 aromatic heterocycles. The Labute approximate surface area is 577 Å². The summed E-state index contributed by atoms with van der Waals surface area (Å²) in [7, 11) is -6.90. The van der Waals surface area contributed by atoms with E-state index < -0.39 is 104 Å². The van der Waals surface area contributed by atoms with Gasteiger partial charge in [0.25, 0.3) is 0 Å². The average molecular weight is 1380 g/mol. The van der Waals surface area contributed by atoms with Gasteiger partial charge in [0.05, 0.1) is 32.1 Å². The van der Waals surface area contributed by atoms with Gasteiger partial charge in [-0.15, -0.1) is 13.2 Å². The Balaban J connectivity index is 0.000000271. The van der Waals surface area contributed by atoms with Crippen molar-refractivity contribution < 1.29 is 65.1 Å². The maximum Gasteiger partial charge on any atom is 0.227 e. The Hall–Kier alpha value is -4.03. The number of nitrogens with zero attached hydrogens (tertiary/aromatic N) is 2. The molecule has 2 heterocycles. The molecule has 2 aliphatic heterocycles. The van der Waals surface area contributed by atoms with Gasteiger partial charge >= 0.3 is 0 Å². The number of piperidine rings is 2. The molecule has 15 atom stereocenters. The lowest BCUT2D eigenvalue weighted by molar-refractivity contribution is -0.148. The third kappa shape index (κ3) is 18.2. The van der Waals surface area contributed by atoms with E-state index in [2.05, 4.69) is 40.9 Å². The molecule has 16 nitrogen and oxygen atoms in total. The van der Waals surface area contributed by atoms with E-state index in [1.807, 2.05) is 41.5 Å². The van der Waals surface area contributed by atoms with Crippen molar-refractivity contribution in [1.82, 2.24) is 9.80 Å². The highest BCUT2D eigenvalue weighted by Gasteiger charge is 2.71. The zero-order valence-corrected chi connectivity index (χ0v) is 63.4. The lowest BCUT2D eigenvalue weighted by atomic mass is 9.75. The van der Waals surface area contributed by atoms with Crippen molar-refractivity contribution in [3.8, 4) is 0 Å². The number of aliphatic hydroxyl groups excluding tert-OH is 1. The standard InChI is InChI=1S/C39H63NO7S.C39H61NO7S/c2*1-10-11-15-30(42)35(44)26(19-24-17-18-24)21-31(43)34-33-29(39(33,8)9)23-40(34)36(45)28(37(2,3)4)22-27(41)20-25-14-12-13-16-32(25)48(46,47)38(5,6)7/h10,24-26,28-29,32-35,44H,1,11-23H2,2-9H3;10,24-26,28-29,32-34H,1,11-23H2,2-9H3/t25-,26?,28-,29+,32-,33+,34-,35?;25-,26?,28-,29+,32-,33+,34-/m11/s1. The normalized spacial score (nSPS) is 28.6. The zero-order valence-electron chi connectivity index (χ0n) is 61.7. The number of rotatable bonds is 32. The maximum atomic E-state index is 14.5. The summed E-state index contributed by atoms with van der Waals surface area (Å²) >= 11 is 0. The molecule has 6 saturated carbocycles. The van der Waals surface area contributed by atoms with Gasteiger partial charge in [-0.2, -0.15) is 0 Å². The van der Waals surface area contributed by atoms with Crippen molar-refractivity contribution in [3.63, 3.8) is 0 Å². The highest BCUT2D eigenvalue weighted by Crippen LogP contribution is 2.67. The number of amides is 2. The fraction of sp³-hybridized carbons (Fsp3) is 0.833. The Kier molecular flexibility index (Phi) is 25.0. The van der Waals surface area contributed by atoms with Crippen molar-refractivity contribution in [2.75, 3.05) is 13.1 Å². The van der Waals surface area contributed by atoms with Gasteiger partial charge in [0.1, 0.15) is 17.7 Å². The van der Waals surface area contributed by atoms with Crippen molar-refractivity contribution in [1.29, 1.82) is 0 Å². The van der Waals surface area contributed by atoms with Crippen LogP contribution in [0.4, 0.5) is 0 Å². The first-order valence-electron chi connectivity index (χ1n) is 36.9. The zero-order chi connectivity index (χ0) is 72.0. The summed E-state index contributed by atoms with van der Waals surface area (Å²) in [6, 6.07) is -1.33. The number of hydrogen-bond donors (Lipinski definition) is 1. The molecule has 0 aromatic rings. The van der Waals surface area contributed by atoms with Crippen LogP contribution < -0.4 is 0 Å². The summed E-state index contributed by atoms with van der Waals surface area (Å²) in [5.41, 5.74) is -1.35. The molecule has 8 aliphatic rings. The van der Waals surface area contributed by atoms with E-state index >= 15 is 0 Å². The molecule has 3 unspecified atom stereocenters. The van der Waals surface area contributed by atoms with E-state index in [0.29, 0.717) is 76.3 Å². The molecule has 6 aliphatic carbocycles. The molecule has 0 aromatic carbocycles. The monoisotopic (exact) mass is 1380 g/mol. The van der Waals surface area contributed by atoms with Crippen LogP contribution in [0.1, 0.15) is 265 Å². The number of allylic oxidation sites excluding steroid dienone is 2. The quantitative estimate of drug-likeness (QED) is 0.0486. The predicted molar refractivity (Wildman–Crippen MR) is 377 cm³/mol. The van der Waals surface area contributed by atoms with Gasteiger partial charge in [-0.05, 0) is 168 Å². The molecule has 2 amide bonds. The second-order valence-electron chi connectivity index (χ2n) is 36.5. The third-order valence-corrected chi connectivity index (χ3v) is 30.8. The second-order valence-corrected chi connectivity index (χ2v) is 42.3. The molecule has 8 rings (SSSR count). The lowest BCUT2D eigenvalue weighted by Crippen LogP contribution is -2.51. The fourth-order valence-corrected chi connectivity index (χ4v) is 21.8. The van der Waals surface area contributed by atoms with E-state index in [1.165, 1.54) is 0 Å². The number of carbonyl (C=O) groups is 9. The van der Waals surface area contributed by atoms with Crippen molar-refractivity contribution >= 4 is 72.0 Å². The van der Waals surface area contributed by atoms with Crippen molar-refractivity contribution in [2.24, 2.45) is 92.7 Å². The van der Waals surface area contributed by atoms with E-state index in [4.69, 9.17) is 0 Å². The van der Waals surface area contributed by atoms with Crippen LogP contribution in [0.25, 0.3) is 0 Å². The van der Waals surface area contributed by atoms with Gasteiger partial charge < -0.3 is 14.9 Å². The summed E-state index contributed by atoms with van der Waals surface area (Å²) in [4.78, 5) is 127. The number of likely N-dealkylation sites (tertiary alicyclic amines) is 2.